The second kappa shape index (κ2) is 7.46. The Morgan fingerprint density at radius 3 is 2.65 bits per heavy atom. The van der Waals surface area contributed by atoms with Gasteiger partial charge >= 0.3 is 5.97 Å². The number of nitrogens with zero attached hydrogens (tertiary/aromatic N) is 1. The summed E-state index contributed by atoms with van der Waals surface area (Å²) in [6.07, 6.45) is 5.89. The number of carbonyl (C=O) groups is 2. The second-order valence-electron chi connectivity index (χ2n) is 6.10. The first-order valence-electron chi connectivity index (χ1n) is 7.47. The zero-order chi connectivity index (χ0) is 15.2. The Balaban J connectivity index is 2.76. The zero-order valence-corrected chi connectivity index (χ0v) is 13.0. The fourth-order valence-electron chi connectivity index (χ4n) is 2.92. The van der Waals surface area contributed by atoms with Crippen molar-refractivity contribution in [3.8, 4) is 0 Å². The van der Waals surface area contributed by atoms with Gasteiger partial charge in [0.25, 0.3) is 0 Å². The van der Waals surface area contributed by atoms with Gasteiger partial charge in [0.05, 0.1) is 6.61 Å². The minimum atomic E-state index is -0.351. The Morgan fingerprint density at radius 2 is 2.10 bits per heavy atom. The lowest BCUT2D eigenvalue weighted by atomic mass is 9.68. The molecule has 114 valence electrons. The van der Waals surface area contributed by atoms with E-state index in [1.165, 1.54) is 6.42 Å². The molecule has 0 aliphatic heterocycles. The van der Waals surface area contributed by atoms with Crippen LogP contribution >= 0.6 is 0 Å². The normalized spacial score (nSPS) is 21.1. The van der Waals surface area contributed by atoms with E-state index >= 15 is 0 Å². The van der Waals surface area contributed by atoms with E-state index in [0.717, 1.165) is 19.3 Å². The molecule has 20 heavy (non-hydrogen) atoms. The summed E-state index contributed by atoms with van der Waals surface area (Å²) in [5, 5.41) is 0. The highest BCUT2D eigenvalue weighted by atomic mass is 16.5. The molecular formula is C16H27NO3. The quantitative estimate of drug-likeness (QED) is 0.555. The molecule has 0 heterocycles. The lowest BCUT2D eigenvalue weighted by Crippen LogP contribution is -2.45. The maximum Gasteiger partial charge on any atom is 0.325 e. The van der Waals surface area contributed by atoms with E-state index in [0.29, 0.717) is 13.2 Å². The lowest BCUT2D eigenvalue weighted by molar-refractivity contribution is -0.152. The summed E-state index contributed by atoms with van der Waals surface area (Å²) >= 11 is 0. The lowest BCUT2D eigenvalue weighted by Gasteiger charge is -2.39. The topological polar surface area (TPSA) is 46.6 Å². The molecule has 4 heteroatoms. The Bertz CT molecular complexity index is 363. The van der Waals surface area contributed by atoms with Gasteiger partial charge in [0.1, 0.15) is 6.54 Å². The van der Waals surface area contributed by atoms with Crippen molar-refractivity contribution in [1.82, 2.24) is 4.90 Å². The molecular weight excluding hydrogens is 254 g/mol. The van der Waals surface area contributed by atoms with Crippen LogP contribution in [0.15, 0.2) is 12.7 Å². The number of hydrogen-bond acceptors (Lipinski definition) is 3. The van der Waals surface area contributed by atoms with Crippen molar-refractivity contribution in [2.75, 3.05) is 19.7 Å². The fourth-order valence-corrected chi connectivity index (χ4v) is 2.92. The van der Waals surface area contributed by atoms with Gasteiger partial charge in [-0.15, -0.1) is 6.58 Å². The molecule has 1 aliphatic rings. The molecule has 1 fully saturated rings. The van der Waals surface area contributed by atoms with Gasteiger partial charge in [0.15, 0.2) is 0 Å². The van der Waals surface area contributed by atoms with Crippen molar-refractivity contribution in [2.45, 2.75) is 46.5 Å². The highest BCUT2D eigenvalue weighted by Gasteiger charge is 2.39. The van der Waals surface area contributed by atoms with Crippen molar-refractivity contribution in [3.63, 3.8) is 0 Å². The summed E-state index contributed by atoms with van der Waals surface area (Å²) in [7, 11) is 0. The van der Waals surface area contributed by atoms with Crippen molar-refractivity contribution in [1.29, 1.82) is 0 Å². The number of amides is 1. The van der Waals surface area contributed by atoms with Gasteiger partial charge in [0, 0.05) is 12.5 Å². The van der Waals surface area contributed by atoms with Crippen molar-refractivity contribution < 1.29 is 14.3 Å². The van der Waals surface area contributed by atoms with Crippen LogP contribution in [0, 0.1) is 11.3 Å². The highest BCUT2D eigenvalue weighted by molar-refractivity contribution is 5.84. The SMILES string of the molecule is C=CCN(CC(=O)OCC)C(=O)C1CCCCC1(C)C. The van der Waals surface area contributed by atoms with Crippen LogP contribution in [0.1, 0.15) is 46.5 Å². The molecule has 1 atom stereocenters. The third-order valence-electron chi connectivity index (χ3n) is 4.09. The maximum absolute atomic E-state index is 12.7. The van der Waals surface area contributed by atoms with Gasteiger partial charge in [-0.05, 0) is 25.2 Å². The predicted octanol–water partition coefficient (Wildman–Crippen LogP) is 2.78. The third kappa shape index (κ3) is 4.36. The van der Waals surface area contributed by atoms with Gasteiger partial charge in [-0.3, -0.25) is 9.59 Å². The second-order valence-corrected chi connectivity index (χ2v) is 6.10. The third-order valence-corrected chi connectivity index (χ3v) is 4.09. The van der Waals surface area contributed by atoms with Crippen LogP contribution in [0.4, 0.5) is 0 Å². The van der Waals surface area contributed by atoms with Crippen molar-refractivity contribution in [3.05, 3.63) is 12.7 Å². The maximum atomic E-state index is 12.7. The van der Waals surface area contributed by atoms with Crippen LogP contribution in [0.2, 0.25) is 0 Å². The molecule has 1 saturated carbocycles. The van der Waals surface area contributed by atoms with E-state index in [1.54, 1.807) is 17.9 Å². The van der Waals surface area contributed by atoms with Crippen LogP contribution in [0.3, 0.4) is 0 Å². The van der Waals surface area contributed by atoms with E-state index < -0.39 is 0 Å². The standard InChI is InChI=1S/C16H27NO3/c1-5-11-17(12-14(18)20-6-2)15(19)13-9-7-8-10-16(13,3)4/h5,13H,1,6-12H2,2-4H3. The summed E-state index contributed by atoms with van der Waals surface area (Å²) in [5.74, 6) is -0.301. The molecule has 1 aliphatic carbocycles. The Kier molecular flexibility index (Phi) is 6.24. The molecule has 4 nitrogen and oxygen atoms in total. The number of rotatable bonds is 6. The van der Waals surface area contributed by atoms with Crippen molar-refractivity contribution in [2.24, 2.45) is 11.3 Å². The Labute approximate surface area is 122 Å². The number of carbonyl (C=O) groups excluding carboxylic acids is 2. The molecule has 0 aromatic heterocycles. The summed E-state index contributed by atoms with van der Waals surface area (Å²) < 4.78 is 4.94. The van der Waals surface area contributed by atoms with Gasteiger partial charge in [-0.2, -0.15) is 0 Å². The minimum Gasteiger partial charge on any atom is -0.465 e. The van der Waals surface area contributed by atoms with Gasteiger partial charge in [0.2, 0.25) is 5.91 Å². The minimum absolute atomic E-state index is 0.00339. The molecule has 1 rings (SSSR count). The average molecular weight is 281 g/mol. The van der Waals surface area contributed by atoms with Crippen LogP contribution in [0.25, 0.3) is 0 Å². The summed E-state index contributed by atoms with van der Waals surface area (Å²) in [4.78, 5) is 25.9. The number of esters is 1. The Hall–Kier alpha value is -1.32. The van der Waals surface area contributed by atoms with Crippen LogP contribution < -0.4 is 0 Å². The summed E-state index contributed by atoms with van der Waals surface area (Å²) in [6.45, 7) is 10.5. The van der Waals surface area contributed by atoms with E-state index in [9.17, 15) is 9.59 Å². The smallest absolute Gasteiger partial charge is 0.325 e. The molecule has 0 radical (unpaired) electrons. The molecule has 0 aromatic carbocycles. The summed E-state index contributed by atoms with van der Waals surface area (Å²) in [5.41, 5.74) is 0.00339. The molecule has 1 amide bonds. The molecule has 0 aromatic rings. The van der Waals surface area contributed by atoms with E-state index in [-0.39, 0.29) is 29.8 Å². The van der Waals surface area contributed by atoms with Crippen LogP contribution in [-0.4, -0.2) is 36.5 Å². The first kappa shape index (κ1) is 16.7. The monoisotopic (exact) mass is 281 g/mol. The van der Waals surface area contributed by atoms with Gasteiger partial charge in [-0.25, -0.2) is 0 Å². The molecule has 0 bridgehead atoms. The first-order valence-corrected chi connectivity index (χ1v) is 7.47. The van der Waals surface area contributed by atoms with Crippen LogP contribution in [-0.2, 0) is 14.3 Å². The van der Waals surface area contributed by atoms with E-state index in [2.05, 4.69) is 20.4 Å². The Morgan fingerprint density at radius 1 is 1.40 bits per heavy atom. The zero-order valence-electron chi connectivity index (χ0n) is 13.0. The van der Waals surface area contributed by atoms with Gasteiger partial charge in [-0.1, -0.05) is 32.8 Å². The average Bonchev–Trinajstić information content (AvgIpc) is 2.37. The van der Waals surface area contributed by atoms with E-state index in [1.807, 2.05) is 0 Å². The highest BCUT2D eigenvalue weighted by Crippen LogP contribution is 2.41. The molecule has 0 N–H and O–H groups in total. The number of ether oxygens (including phenoxy) is 1. The van der Waals surface area contributed by atoms with Crippen LogP contribution in [0.5, 0.6) is 0 Å². The first-order chi connectivity index (χ1) is 9.42. The molecule has 0 saturated heterocycles. The van der Waals surface area contributed by atoms with Crippen molar-refractivity contribution >= 4 is 11.9 Å². The molecule has 1 unspecified atom stereocenters. The predicted molar refractivity (Wildman–Crippen MR) is 79.1 cm³/mol. The van der Waals surface area contributed by atoms with E-state index in [4.69, 9.17) is 4.74 Å². The number of hydrogen-bond donors (Lipinski definition) is 0. The largest absolute Gasteiger partial charge is 0.465 e. The summed E-state index contributed by atoms with van der Waals surface area (Å²) in [6, 6.07) is 0. The van der Waals surface area contributed by atoms with Gasteiger partial charge < -0.3 is 9.64 Å². The fraction of sp³-hybridized carbons (Fsp3) is 0.750. The molecule has 0 spiro atoms.